The molecule has 1 fully saturated rings. The Morgan fingerprint density at radius 3 is 2.85 bits per heavy atom. The first-order valence-corrected chi connectivity index (χ1v) is 8.22. The monoisotopic (exact) mass is 293 g/mol. The first kappa shape index (κ1) is 15.4. The van der Waals surface area contributed by atoms with Crippen LogP contribution in [0, 0.1) is 13.8 Å². The van der Waals surface area contributed by atoms with Crippen LogP contribution in [0.1, 0.15) is 36.8 Å². The Morgan fingerprint density at radius 1 is 1.35 bits per heavy atom. The predicted molar refractivity (Wildman–Crippen MR) is 83.0 cm³/mol. The average molecular weight is 293 g/mol. The number of hydrogen-bond donors (Lipinski definition) is 2. The van der Waals surface area contributed by atoms with Gasteiger partial charge in [0.1, 0.15) is 0 Å². The van der Waals surface area contributed by atoms with Crippen molar-refractivity contribution in [2.75, 3.05) is 5.75 Å². The van der Waals surface area contributed by atoms with E-state index >= 15 is 0 Å². The molecule has 0 bridgehead atoms. The Balaban J connectivity index is 1.84. The van der Waals surface area contributed by atoms with E-state index in [0.29, 0.717) is 5.75 Å². The molecule has 0 saturated heterocycles. The van der Waals surface area contributed by atoms with Crippen LogP contribution in [0.25, 0.3) is 0 Å². The fourth-order valence-electron chi connectivity index (χ4n) is 2.53. The molecular weight excluding hydrogens is 270 g/mol. The lowest BCUT2D eigenvalue weighted by Gasteiger charge is -2.28. The highest BCUT2D eigenvalue weighted by atomic mass is 32.2. The minimum atomic E-state index is -0.376. The summed E-state index contributed by atoms with van der Waals surface area (Å²) in [5, 5.41) is 12.8. The summed E-state index contributed by atoms with van der Waals surface area (Å²) in [5.74, 6) is 0.426. The van der Waals surface area contributed by atoms with E-state index in [-0.39, 0.29) is 18.1 Å². The maximum absolute atomic E-state index is 12.0. The number of carbonyl (C=O) groups excluding carboxylic acids is 1. The first-order valence-electron chi connectivity index (χ1n) is 7.24. The molecule has 0 spiro atoms. The number of carbonyl (C=O) groups is 1. The van der Waals surface area contributed by atoms with E-state index in [1.807, 2.05) is 0 Å². The van der Waals surface area contributed by atoms with Crippen molar-refractivity contribution in [1.82, 2.24) is 5.32 Å². The van der Waals surface area contributed by atoms with Gasteiger partial charge in [-0.05, 0) is 38.3 Å². The summed E-state index contributed by atoms with van der Waals surface area (Å²) in [6.45, 7) is 4.12. The highest BCUT2D eigenvalue weighted by Crippen LogP contribution is 2.24. The smallest absolute Gasteiger partial charge is 0.230 e. The van der Waals surface area contributed by atoms with Gasteiger partial charge in [-0.1, -0.05) is 30.5 Å². The summed E-state index contributed by atoms with van der Waals surface area (Å²) in [6, 6.07) is 6.22. The second kappa shape index (κ2) is 7.14. The third-order valence-electron chi connectivity index (χ3n) is 3.78. The van der Waals surface area contributed by atoms with Crippen molar-refractivity contribution in [2.24, 2.45) is 0 Å². The quantitative estimate of drug-likeness (QED) is 0.839. The standard InChI is InChI=1S/C16H23NO2S/c1-11-7-8-12(2)15(9-11)20-10-16(19)17-13-5-3-4-6-14(13)18/h7-9,13-14,18H,3-6,10H2,1-2H3,(H,17,19). The molecule has 1 aromatic carbocycles. The molecule has 0 radical (unpaired) electrons. The molecule has 3 nitrogen and oxygen atoms in total. The van der Waals surface area contributed by atoms with Crippen LogP contribution < -0.4 is 5.32 Å². The van der Waals surface area contributed by atoms with Crippen molar-refractivity contribution in [2.45, 2.75) is 56.6 Å². The molecule has 110 valence electrons. The summed E-state index contributed by atoms with van der Waals surface area (Å²) >= 11 is 1.57. The molecule has 1 amide bonds. The highest BCUT2D eigenvalue weighted by Gasteiger charge is 2.24. The van der Waals surface area contributed by atoms with E-state index in [4.69, 9.17) is 0 Å². The predicted octanol–water partition coefficient (Wildman–Crippen LogP) is 2.82. The number of hydrogen-bond acceptors (Lipinski definition) is 3. The van der Waals surface area contributed by atoms with Crippen LogP contribution in [0.5, 0.6) is 0 Å². The largest absolute Gasteiger partial charge is 0.391 e. The molecule has 1 saturated carbocycles. The van der Waals surface area contributed by atoms with Crippen molar-refractivity contribution in [3.63, 3.8) is 0 Å². The van der Waals surface area contributed by atoms with Gasteiger partial charge in [-0.3, -0.25) is 4.79 Å². The number of benzene rings is 1. The van der Waals surface area contributed by atoms with E-state index in [1.54, 1.807) is 11.8 Å². The molecule has 1 aliphatic carbocycles. The maximum atomic E-state index is 12.0. The van der Waals surface area contributed by atoms with Crippen LogP contribution in [-0.2, 0) is 4.79 Å². The number of aryl methyl sites for hydroxylation is 2. The van der Waals surface area contributed by atoms with E-state index in [0.717, 1.165) is 30.6 Å². The molecule has 1 aromatic rings. The zero-order chi connectivity index (χ0) is 14.5. The maximum Gasteiger partial charge on any atom is 0.230 e. The Bertz CT molecular complexity index is 476. The second-order valence-electron chi connectivity index (χ2n) is 5.58. The van der Waals surface area contributed by atoms with Crippen LogP contribution >= 0.6 is 11.8 Å². The molecule has 2 unspecified atom stereocenters. The minimum absolute atomic E-state index is 0.0156. The van der Waals surface area contributed by atoms with Gasteiger partial charge in [0.15, 0.2) is 0 Å². The number of amides is 1. The van der Waals surface area contributed by atoms with Crippen molar-refractivity contribution < 1.29 is 9.90 Å². The highest BCUT2D eigenvalue weighted by molar-refractivity contribution is 8.00. The van der Waals surface area contributed by atoms with Gasteiger partial charge in [-0.2, -0.15) is 0 Å². The van der Waals surface area contributed by atoms with Gasteiger partial charge < -0.3 is 10.4 Å². The number of aliphatic hydroxyl groups is 1. The van der Waals surface area contributed by atoms with Crippen LogP contribution in [0.3, 0.4) is 0 Å². The molecule has 0 heterocycles. The molecule has 2 rings (SSSR count). The van der Waals surface area contributed by atoms with Gasteiger partial charge in [0.05, 0.1) is 17.9 Å². The summed E-state index contributed by atoms with van der Waals surface area (Å²) in [5.41, 5.74) is 2.41. The fraction of sp³-hybridized carbons (Fsp3) is 0.562. The first-order chi connectivity index (χ1) is 9.56. The topological polar surface area (TPSA) is 49.3 Å². The number of thioether (sulfide) groups is 1. The molecule has 0 aromatic heterocycles. The third kappa shape index (κ3) is 4.25. The van der Waals surface area contributed by atoms with E-state index < -0.39 is 0 Å². The van der Waals surface area contributed by atoms with Gasteiger partial charge in [0, 0.05) is 4.90 Å². The SMILES string of the molecule is Cc1ccc(C)c(SCC(=O)NC2CCCCC2O)c1. The zero-order valence-electron chi connectivity index (χ0n) is 12.2. The van der Waals surface area contributed by atoms with Crippen molar-refractivity contribution >= 4 is 17.7 Å². The summed E-state index contributed by atoms with van der Waals surface area (Å²) in [7, 11) is 0. The Hall–Kier alpha value is -1.00. The normalized spacial score (nSPS) is 22.6. The molecular formula is C16H23NO2S. The lowest BCUT2D eigenvalue weighted by atomic mass is 9.93. The van der Waals surface area contributed by atoms with Crippen LogP contribution in [0.4, 0.5) is 0 Å². The minimum Gasteiger partial charge on any atom is -0.391 e. The Morgan fingerprint density at radius 2 is 2.10 bits per heavy atom. The van der Waals surface area contributed by atoms with Gasteiger partial charge >= 0.3 is 0 Å². The third-order valence-corrected chi connectivity index (χ3v) is 4.94. The molecule has 1 aliphatic rings. The summed E-state index contributed by atoms with van der Waals surface area (Å²) in [4.78, 5) is 13.1. The van der Waals surface area contributed by atoms with Crippen molar-refractivity contribution in [1.29, 1.82) is 0 Å². The molecule has 0 aliphatic heterocycles. The Kier molecular flexibility index (Phi) is 5.49. The number of nitrogens with one attached hydrogen (secondary N) is 1. The van der Waals surface area contributed by atoms with E-state index in [9.17, 15) is 9.90 Å². The molecule has 4 heteroatoms. The summed E-state index contributed by atoms with van der Waals surface area (Å²) < 4.78 is 0. The number of aliphatic hydroxyl groups excluding tert-OH is 1. The van der Waals surface area contributed by atoms with E-state index in [1.165, 1.54) is 11.1 Å². The van der Waals surface area contributed by atoms with Crippen LogP contribution in [-0.4, -0.2) is 28.9 Å². The van der Waals surface area contributed by atoms with Gasteiger partial charge in [-0.15, -0.1) is 11.8 Å². The van der Waals surface area contributed by atoms with Crippen LogP contribution in [0.2, 0.25) is 0 Å². The van der Waals surface area contributed by atoms with E-state index in [2.05, 4.69) is 37.4 Å². The lowest BCUT2D eigenvalue weighted by molar-refractivity contribution is -0.120. The van der Waals surface area contributed by atoms with Gasteiger partial charge in [0.25, 0.3) is 0 Å². The summed E-state index contributed by atoms with van der Waals surface area (Å²) in [6.07, 6.45) is 3.46. The molecule has 2 atom stereocenters. The second-order valence-corrected chi connectivity index (χ2v) is 6.60. The van der Waals surface area contributed by atoms with Crippen LogP contribution in [0.15, 0.2) is 23.1 Å². The van der Waals surface area contributed by atoms with Gasteiger partial charge in [-0.25, -0.2) is 0 Å². The lowest BCUT2D eigenvalue weighted by Crippen LogP contribution is -2.45. The zero-order valence-corrected chi connectivity index (χ0v) is 13.0. The Labute approximate surface area is 125 Å². The average Bonchev–Trinajstić information content (AvgIpc) is 2.42. The molecule has 20 heavy (non-hydrogen) atoms. The van der Waals surface area contributed by atoms with Crippen molar-refractivity contribution in [3.8, 4) is 0 Å². The molecule has 2 N–H and O–H groups in total. The van der Waals surface area contributed by atoms with Crippen molar-refractivity contribution in [3.05, 3.63) is 29.3 Å². The number of rotatable bonds is 4. The fourth-order valence-corrected chi connectivity index (χ4v) is 3.47. The van der Waals surface area contributed by atoms with Gasteiger partial charge in [0.2, 0.25) is 5.91 Å².